The predicted molar refractivity (Wildman–Crippen MR) is 159 cm³/mol. The summed E-state index contributed by atoms with van der Waals surface area (Å²) in [5.74, 6) is -1.38. The molecule has 10 nitrogen and oxygen atoms in total. The maximum atomic E-state index is 12.4. The smallest absolute Gasteiger partial charge is 0.252 e. The van der Waals surface area contributed by atoms with Crippen LogP contribution < -0.4 is 22.1 Å². The number of primary amides is 2. The fourth-order valence-corrected chi connectivity index (χ4v) is 8.29. The number of nitrogens with two attached hydrogens (primary N) is 2. The molecule has 0 unspecified atom stereocenters. The lowest BCUT2D eigenvalue weighted by molar-refractivity contribution is -0.118. The van der Waals surface area contributed by atoms with Crippen LogP contribution in [0, 0.1) is 11.8 Å². The van der Waals surface area contributed by atoms with Crippen molar-refractivity contribution < 1.29 is 28.8 Å². The Balaban J connectivity index is 0.000000162. The zero-order valence-corrected chi connectivity index (χ0v) is 26.0. The minimum atomic E-state index is -0.801. The quantitative estimate of drug-likeness (QED) is 0.320. The van der Waals surface area contributed by atoms with Gasteiger partial charge in [-0.25, -0.2) is 0 Å². The second-order valence-electron chi connectivity index (χ2n) is 10.3. The molecule has 4 aliphatic rings. The maximum absolute atomic E-state index is 12.4. The fourth-order valence-electron chi connectivity index (χ4n) is 4.73. The molecule has 4 aliphatic carbocycles. The van der Waals surface area contributed by atoms with Gasteiger partial charge in [0.25, 0.3) is 11.8 Å². The second kappa shape index (κ2) is 11.1. The van der Waals surface area contributed by atoms with Gasteiger partial charge in [0.15, 0.2) is 11.6 Å². The molecule has 2 heterocycles. The summed E-state index contributed by atoms with van der Waals surface area (Å²) in [4.78, 5) is 72.4. The van der Waals surface area contributed by atoms with Gasteiger partial charge in [0, 0.05) is 18.3 Å². The first-order chi connectivity index (χ1) is 18.9. The van der Waals surface area contributed by atoms with Crippen molar-refractivity contribution in [1.82, 2.24) is 0 Å². The molecule has 0 aliphatic heterocycles. The summed E-state index contributed by atoms with van der Waals surface area (Å²) in [6, 6.07) is 0. The van der Waals surface area contributed by atoms with Crippen molar-refractivity contribution in [2.45, 2.75) is 61.0 Å². The molecule has 2 aromatic rings. The van der Waals surface area contributed by atoms with Crippen LogP contribution in [-0.2, 0) is 22.4 Å². The van der Waals surface area contributed by atoms with Crippen LogP contribution in [0.25, 0.3) is 0 Å². The summed E-state index contributed by atoms with van der Waals surface area (Å²) < 4.78 is -0.801. The first-order valence-corrected chi connectivity index (χ1v) is 16.1. The number of carbonyl (C=O) groups excluding carboxylic acids is 6. The van der Waals surface area contributed by atoms with Crippen molar-refractivity contribution in [3.63, 3.8) is 0 Å². The van der Waals surface area contributed by atoms with E-state index in [0.29, 0.717) is 56.6 Å². The monoisotopic (exact) mass is 712 g/mol. The van der Waals surface area contributed by atoms with E-state index in [1.807, 2.05) is 0 Å². The number of carbonyl (C=O) groups is 6. The number of Topliss-reactive ketones (excluding diaryl/α,β-unsaturated/α-hetero) is 2. The van der Waals surface area contributed by atoms with Gasteiger partial charge in [-0.3, -0.25) is 28.8 Å². The summed E-state index contributed by atoms with van der Waals surface area (Å²) in [5, 5.41) is 6.36. The normalized spacial score (nSPS) is 19.1. The highest BCUT2D eigenvalue weighted by Crippen LogP contribution is 2.47. The highest BCUT2D eigenvalue weighted by Gasteiger charge is 2.42. The molecule has 2 fully saturated rings. The van der Waals surface area contributed by atoms with Gasteiger partial charge < -0.3 is 22.1 Å². The molecule has 0 spiro atoms. The number of rotatable bonds is 6. The number of amides is 4. The lowest BCUT2D eigenvalue weighted by atomic mass is 9.94. The molecule has 2 aromatic heterocycles. The van der Waals surface area contributed by atoms with Gasteiger partial charge in [0.2, 0.25) is 11.8 Å². The Bertz CT molecular complexity index is 1470. The van der Waals surface area contributed by atoms with Crippen LogP contribution in [0.2, 0.25) is 0 Å². The van der Waals surface area contributed by atoms with Crippen LogP contribution in [0.15, 0.2) is 0 Å². The molecule has 0 saturated heterocycles. The molecule has 40 heavy (non-hydrogen) atoms. The highest BCUT2D eigenvalue weighted by molar-refractivity contribution is 9.26. The Hall–Kier alpha value is -2.42. The van der Waals surface area contributed by atoms with E-state index in [0.717, 1.165) is 49.0 Å². The first kappa shape index (κ1) is 29.1. The highest BCUT2D eigenvalue weighted by atomic mass is 79.9. The maximum Gasteiger partial charge on any atom is 0.252 e. The average Bonchev–Trinajstić information content (AvgIpc) is 3.81. The van der Waals surface area contributed by atoms with E-state index in [2.05, 4.69) is 42.5 Å². The van der Waals surface area contributed by atoms with Crippen molar-refractivity contribution in [3.8, 4) is 0 Å². The minimum Gasteiger partial charge on any atom is -0.365 e. The van der Waals surface area contributed by atoms with Gasteiger partial charge in [0.1, 0.15) is 13.2 Å². The van der Waals surface area contributed by atoms with E-state index >= 15 is 0 Å². The molecular formula is C26H26Br2N4O6S2. The van der Waals surface area contributed by atoms with Crippen molar-refractivity contribution in [1.29, 1.82) is 0 Å². The standard InChI is InChI=1S/C13H12Br2N2O3S.C13H14N2O3S/c14-13(15)4-3-6-7(10(16)19)12(21-8(6)9(13)18)17-11(20)5-1-2-5;14-11(17)9-7-2-1-3-8(16)10(7)19-13(9)15-12(18)6-4-5-6/h5H,1-4H2,(H2,16,19)(H,17,20);6H,1-5H2,(H2,14,17)(H,15,18). The number of anilines is 2. The van der Waals surface area contributed by atoms with E-state index < -0.39 is 15.0 Å². The third-order valence-corrected chi connectivity index (χ3v) is 11.0. The molecule has 0 radical (unpaired) electrons. The zero-order chi connectivity index (χ0) is 28.9. The number of thiophene rings is 2. The van der Waals surface area contributed by atoms with Gasteiger partial charge in [-0.15, -0.1) is 22.7 Å². The molecule has 14 heteroatoms. The molecule has 0 aromatic carbocycles. The van der Waals surface area contributed by atoms with Crippen LogP contribution in [-0.4, -0.2) is 38.4 Å². The van der Waals surface area contributed by atoms with E-state index in [9.17, 15) is 28.8 Å². The number of hydrogen-bond donors (Lipinski definition) is 4. The Morgan fingerprint density at radius 2 is 1.23 bits per heavy atom. The molecule has 212 valence electrons. The lowest BCUT2D eigenvalue weighted by Gasteiger charge is -2.23. The summed E-state index contributed by atoms with van der Waals surface area (Å²) in [6.45, 7) is 0. The Morgan fingerprint density at radius 3 is 1.70 bits per heavy atom. The van der Waals surface area contributed by atoms with Gasteiger partial charge in [-0.1, -0.05) is 31.9 Å². The summed E-state index contributed by atoms with van der Waals surface area (Å²) in [6.07, 6.45) is 6.50. The van der Waals surface area contributed by atoms with E-state index in [4.69, 9.17) is 11.5 Å². The van der Waals surface area contributed by atoms with Gasteiger partial charge >= 0.3 is 0 Å². The third-order valence-electron chi connectivity index (χ3n) is 7.19. The largest absolute Gasteiger partial charge is 0.365 e. The van der Waals surface area contributed by atoms with E-state index in [1.165, 1.54) is 11.3 Å². The summed E-state index contributed by atoms with van der Waals surface area (Å²) >= 11 is 9.03. The van der Waals surface area contributed by atoms with Crippen LogP contribution >= 0.6 is 54.5 Å². The number of hydrogen-bond acceptors (Lipinski definition) is 8. The number of alkyl halides is 2. The van der Waals surface area contributed by atoms with Crippen LogP contribution in [0.4, 0.5) is 10.0 Å². The number of nitrogens with one attached hydrogen (secondary N) is 2. The molecular weight excluding hydrogens is 688 g/mol. The van der Waals surface area contributed by atoms with Gasteiger partial charge in [0.05, 0.1) is 20.9 Å². The van der Waals surface area contributed by atoms with Gasteiger partial charge in [-0.2, -0.15) is 0 Å². The third kappa shape index (κ3) is 5.81. The summed E-state index contributed by atoms with van der Waals surface area (Å²) in [5.41, 5.74) is 12.8. The topological polar surface area (TPSA) is 179 Å². The van der Waals surface area contributed by atoms with Crippen molar-refractivity contribution >= 4 is 99.7 Å². The zero-order valence-electron chi connectivity index (χ0n) is 21.2. The average molecular weight is 714 g/mol. The Kier molecular flexibility index (Phi) is 8.07. The molecule has 6 rings (SSSR count). The molecule has 0 atom stereocenters. The van der Waals surface area contributed by atoms with Crippen molar-refractivity contribution in [2.75, 3.05) is 10.6 Å². The first-order valence-electron chi connectivity index (χ1n) is 12.9. The number of fused-ring (bicyclic) bond motifs is 2. The SMILES string of the molecule is NC(=O)c1c(NC(=O)C2CC2)sc2c1CCC(Br)(Br)C2=O.NC(=O)c1c(NC(=O)C2CC2)sc2c1CCCC2=O. The van der Waals surface area contributed by atoms with Crippen LogP contribution in [0.5, 0.6) is 0 Å². The lowest BCUT2D eigenvalue weighted by Crippen LogP contribution is -2.30. The molecule has 4 amide bonds. The predicted octanol–water partition coefficient (Wildman–Crippen LogP) is 4.53. The van der Waals surface area contributed by atoms with Crippen LogP contribution in [0.3, 0.4) is 0 Å². The number of halogens is 2. The van der Waals surface area contributed by atoms with Crippen LogP contribution in [0.1, 0.15) is 96.1 Å². The Morgan fingerprint density at radius 1 is 0.750 bits per heavy atom. The van der Waals surface area contributed by atoms with Crippen molar-refractivity contribution in [2.24, 2.45) is 23.3 Å². The minimum absolute atomic E-state index is 0.0204. The molecule has 0 bridgehead atoms. The summed E-state index contributed by atoms with van der Waals surface area (Å²) in [7, 11) is 0. The molecule has 6 N–H and O–H groups in total. The molecule has 2 saturated carbocycles. The second-order valence-corrected chi connectivity index (χ2v) is 16.1. The number of ketones is 2. The van der Waals surface area contributed by atoms with Crippen molar-refractivity contribution in [3.05, 3.63) is 32.0 Å². The fraction of sp³-hybridized carbons (Fsp3) is 0.462. The van der Waals surface area contributed by atoms with Gasteiger partial charge in [-0.05, 0) is 62.5 Å². The Labute approximate surface area is 254 Å². The van der Waals surface area contributed by atoms with E-state index in [1.54, 1.807) is 0 Å². The van der Waals surface area contributed by atoms with E-state index in [-0.39, 0.29) is 40.8 Å².